The van der Waals surface area contributed by atoms with Gasteiger partial charge in [-0.2, -0.15) is 0 Å². The largest absolute Gasteiger partial charge is 0.497 e. The highest BCUT2D eigenvalue weighted by Crippen LogP contribution is 2.24. The van der Waals surface area contributed by atoms with E-state index in [9.17, 15) is 13.2 Å². The smallest absolute Gasteiger partial charge is 0.234 e. The highest BCUT2D eigenvalue weighted by Gasteiger charge is 2.31. The van der Waals surface area contributed by atoms with Gasteiger partial charge < -0.3 is 10.1 Å². The van der Waals surface area contributed by atoms with Crippen molar-refractivity contribution in [3.8, 4) is 5.75 Å². The summed E-state index contributed by atoms with van der Waals surface area (Å²) in [6, 6.07) is 7.50. The molecular weight excluding hydrogens is 340 g/mol. The third-order valence-electron chi connectivity index (χ3n) is 4.68. The topological polar surface area (TPSA) is 75.7 Å². The molecule has 1 heterocycles. The molecule has 2 unspecified atom stereocenters. The lowest BCUT2D eigenvalue weighted by atomic mass is 9.96. The SMILES string of the molecule is COc1ccc(C(NC(=O)CN(C)C2CCS(=O)(=O)C2)C(C)C)cc1. The fourth-order valence-corrected chi connectivity index (χ4v) is 4.95. The Hall–Kier alpha value is -1.60. The molecule has 25 heavy (non-hydrogen) atoms. The first-order valence-corrected chi connectivity index (χ1v) is 10.4. The molecule has 1 aromatic rings. The third-order valence-corrected chi connectivity index (χ3v) is 6.43. The molecular formula is C18H28N2O4S. The van der Waals surface area contributed by atoms with Gasteiger partial charge in [0, 0.05) is 6.04 Å². The molecule has 0 bridgehead atoms. The van der Waals surface area contributed by atoms with E-state index in [0.29, 0.717) is 6.42 Å². The van der Waals surface area contributed by atoms with Gasteiger partial charge in [0.2, 0.25) is 5.91 Å². The van der Waals surface area contributed by atoms with Crippen molar-refractivity contribution in [1.29, 1.82) is 0 Å². The van der Waals surface area contributed by atoms with E-state index in [1.165, 1.54) is 0 Å². The number of sulfone groups is 1. The number of ether oxygens (including phenoxy) is 1. The van der Waals surface area contributed by atoms with Gasteiger partial charge in [-0.3, -0.25) is 9.69 Å². The van der Waals surface area contributed by atoms with Crippen LogP contribution >= 0.6 is 0 Å². The molecule has 7 heteroatoms. The van der Waals surface area contributed by atoms with Crippen molar-refractivity contribution in [2.24, 2.45) is 5.92 Å². The van der Waals surface area contributed by atoms with Gasteiger partial charge in [-0.15, -0.1) is 0 Å². The van der Waals surface area contributed by atoms with E-state index in [4.69, 9.17) is 4.74 Å². The Balaban J connectivity index is 1.97. The minimum absolute atomic E-state index is 0.0748. The molecule has 0 aromatic heterocycles. The van der Waals surface area contributed by atoms with Crippen LogP contribution in [-0.2, 0) is 14.6 Å². The molecule has 0 radical (unpaired) electrons. The van der Waals surface area contributed by atoms with Crippen molar-refractivity contribution in [1.82, 2.24) is 10.2 Å². The second-order valence-corrected chi connectivity index (χ2v) is 9.26. The number of methoxy groups -OCH3 is 1. The van der Waals surface area contributed by atoms with Crippen LogP contribution in [0, 0.1) is 5.92 Å². The first kappa shape index (κ1) is 19.7. The average Bonchev–Trinajstić information content (AvgIpc) is 2.92. The number of hydrogen-bond donors (Lipinski definition) is 1. The fourth-order valence-electron chi connectivity index (χ4n) is 3.14. The normalized spacial score (nSPS) is 20.6. The van der Waals surface area contributed by atoms with Gasteiger partial charge in [0.05, 0.1) is 31.2 Å². The van der Waals surface area contributed by atoms with E-state index >= 15 is 0 Å². The zero-order valence-electron chi connectivity index (χ0n) is 15.4. The summed E-state index contributed by atoms with van der Waals surface area (Å²) in [5, 5.41) is 3.07. The number of rotatable bonds is 7. The molecule has 1 aromatic carbocycles. The van der Waals surface area contributed by atoms with E-state index in [1.54, 1.807) is 7.11 Å². The molecule has 0 spiro atoms. The van der Waals surface area contributed by atoms with Crippen LogP contribution in [0.25, 0.3) is 0 Å². The van der Waals surface area contributed by atoms with Crippen molar-refractivity contribution in [2.45, 2.75) is 32.4 Å². The van der Waals surface area contributed by atoms with Crippen molar-refractivity contribution >= 4 is 15.7 Å². The molecule has 6 nitrogen and oxygen atoms in total. The Bertz CT molecular complexity index is 686. The van der Waals surface area contributed by atoms with E-state index in [0.717, 1.165) is 11.3 Å². The zero-order valence-corrected chi connectivity index (χ0v) is 16.2. The molecule has 1 N–H and O–H groups in total. The number of nitrogens with zero attached hydrogens (tertiary/aromatic N) is 1. The summed E-state index contributed by atoms with van der Waals surface area (Å²) < 4.78 is 28.4. The first-order chi connectivity index (χ1) is 11.7. The van der Waals surface area contributed by atoms with Crippen LogP contribution in [0.1, 0.15) is 31.9 Å². The third kappa shape index (κ3) is 5.44. The molecule has 1 amide bonds. The maximum Gasteiger partial charge on any atom is 0.234 e. The minimum atomic E-state index is -2.95. The van der Waals surface area contributed by atoms with Gasteiger partial charge in [0.1, 0.15) is 5.75 Å². The standard InChI is InChI=1S/C18H28N2O4S/c1-13(2)18(14-5-7-16(24-4)8-6-14)19-17(21)11-20(3)15-9-10-25(22,23)12-15/h5-8,13,15,18H,9-12H2,1-4H3,(H,19,21). The molecule has 0 saturated carbocycles. The summed E-state index contributed by atoms with van der Waals surface area (Å²) in [4.78, 5) is 14.3. The zero-order chi connectivity index (χ0) is 18.6. The predicted octanol–water partition coefficient (Wildman–Crippen LogP) is 1.63. The monoisotopic (exact) mass is 368 g/mol. The first-order valence-electron chi connectivity index (χ1n) is 8.56. The van der Waals surface area contributed by atoms with Crippen LogP contribution in [0.4, 0.5) is 0 Å². The van der Waals surface area contributed by atoms with E-state index < -0.39 is 9.84 Å². The van der Waals surface area contributed by atoms with E-state index in [2.05, 4.69) is 19.2 Å². The summed E-state index contributed by atoms with van der Waals surface area (Å²) in [6.07, 6.45) is 0.595. The lowest BCUT2D eigenvalue weighted by Crippen LogP contribution is -2.43. The Labute approximate surface area is 150 Å². The lowest BCUT2D eigenvalue weighted by Gasteiger charge is -2.26. The minimum Gasteiger partial charge on any atom is -0.497 e. The van der Waals surface area contributed by atoms with Gasteiger partial charge in [0.25, 0.3) is 0 Å². The second-order valence-electron chi connectivity index (χ2n) is 7.03. The van der Waals surface area contributed by atoms with Gasteiger partial charge in [-0.05, 0) is 37.1 Å². The van der Waals surface area contributed by atoms with Crippen molar-refractivity contribution < 1.29 is 17.9 Å². The number of hydrogen-bond acceptors (Lipinski definition) is 5. The van der Waals surface area contributed by atoms with Crippen LogP contribution < -0.4 is 10.1 Å². The van der Waals surface area contributed by atoms with Gasteiger partial charge >= 0.3 is 0 Å². The molecule has 1 saturated heterocycles. The summed E-state index contributed by atoms with van der Waals surface area (Å²) in [6.45, 7) is 4.31. The fraction of sp³-hybridized carbons (Fsp3) is 0.611. The number of amides is 1. The summed E-state index contributed by atoms with van der Waals surface area (Å²) in [5.41, 5.74) is 1.02. The van der Waals surface area contributed by atoms with Crippen LogP contribution in [0.2, 0.25) is 0 Å². The highest BCUT2D eigenvalue weighted by atomic mass is 32.2. The maximum absolute atomic E-state index is 12.5. The number of carbonyl (C=O) groups excluding carboxylic acids is 1. The molecule has 0 aliphatic carbocycles. The molecule has 1 fully saturated rings. The van der Waals surface area contributed by atoms with E-state index in [-0.39, 0.29) is 42.0 Å². The average molecular weight is 368 g/mol. The number of carbonyl (C=O) groups is 1. The Morgan fingerprint density at radius 1 is 1.32 bits per heavy atom. The van der Waals surface area contributed by atoms with Crippen molar-refractivity contribution in [3.05, 3.63) is 29.8 Å². The molecule has 140 valence electrons. The van der Waals surface area contributed by atoms with Crippen molar-refractivity contribution in [3.63, 3.8) is 0 Å². The maximum atomic E-state index is 12.5. The molecule has 2 rings (SSSR count). The summed E-state index contributed by atoms with van der Waals surface area (Å²) in [7, 11) is 0.482. The number of nitrogens with one attached hydrogen (secondary N) is 1. The Kier molecular flexibility index (Phi) is 6.46. The molecule has 2 atom stereocenters. The van der Waals surface area contributed by atoms with Crippen LogP contribution in [0.5, 0.6) is 5.75 Å². The predicted molar refractivity (Wildman–Crippen MR) is 98.4 cm³/mol. The molecule has 1 aliphatic rings. The summed E-state index contributed by atoms with van der Waals surface area (Å²) in [5.74, 6) is 1.27. The Morgan fingerprint density at radius 2 is 1.96 bits per heavy atom. The van der Waals surface area contributed by atoms with Crippen LogP contribution in [0.3, 0.4) is 0 Å². The van der Waals surface area contributed by atoms with Crippen molar-refractivity contribution in [2.75, 3.05) is 32.2 Å². The van der Waals surface area contributed by atoms with E-state index in [1.807, 2.05) is 36.2 Å². The second kappa shape index (κ2) is 8.19. The van der Waals surface area contributed by atoms with Crippen LogP contribution in [-0.4, -0.2) is 57.5 Å². The van der Waals surface area contributed by atoms with Crippen LogP contribution in [0.15, 0.2) is 24.3 Å². The van der Waals surface area contributed by atoms with Gasteiger partial charge in [-0.1, -0.05) is 26.0 Å². The quantitative estimate of drug-likeness (QED) is 0.792. The number of benzene rings is 1. The lowest BCUT2D eigenvalue weighted by molar-refractivity contribution is -0.123. The Morgan fingerprint density at radius 3 is 2.44 bits per heavy atom. The summed E-state index contributed by atoms with van der Waals surface area (Å²) >= 11 is 0. The highest BCUT2D eigenvalue weighted by molar-refractivity contribution is 7.91. The molecule has 1 aliphatic heterocycles. The van der Waals surface area contributed by atoms with Gasteiger partial charge in [0.15, 0.2) is 9.84 Å². The number of likely N-dealkylation sites (N-methyl/N-ethyl adjacent to an activating group) is 1. The van der Waals surface area contributed by atoms with Gasteiger partial charge in [-0.25, -0.2) is 8.42 Å².